The predicted molar refractivity (Wildman–Crippen MR) is 159 cm³/mol. The molecule has 3 rings (SSSR count). The van der Waals surface area contributed by atoms with Crippen LogP contribution in [0.15, 0.2) is 57.4 Å². The molecule has 0 saturated heterocycles. The van der Waals surface area contributed by atoms with Crippen molar-refractivity contribution in [1.29, 1.82) is 0 Å². The minimum absolute atomic E-state index is 0.143. The Hall–Kier alpha value is -0.0500. The van der Waals surface area contributed by atoms with Crippen molar-refractivity contribution >= 4 is 41.7 Å². The molecule has 34 heavy (non-hydrogen) atoms. The molecular formula is C29H41Cl2SSiZr. The molecule has 2 aromatic rings. The number of allylic oxidation sites excluding steroid dienone is 2. The van der Waals surface area contributed by atoms with Gasteiger partial charge in [-0.1, -0.05) is 0 Å². The molecule has 0 radical (unpaired) electrons. The van der Waals surface area contributed by atoms with Gasteiger partial charge >= 0.3 is 224 Å². The third kappa shape index (κ3) is 5.45. The van der Waals surface area contributed by atoms with Crippen molar-refractivity contribution in [2.24, 2.45) is 5.92 Å². The molecule has 0 N–H and O–H groups in total. The Bertz CT molecular complexity index is 1110. The standard InChI is InChI=1S/C22H25.C5H9S.C2H7Si.2ClH.Zr/c1-15(2)18-13-17-7-6-8-20(21(17)14-18)16-9-11-19(12-10-16)22(3,4)5;1-5(2)3-4-6;1-3-2;;;/h6-15H,1-5H3;1,6H,3-4H2,2H3;3H,1-2H3;2*1H;/q;;;;;+2/p-2. The molecule has 0 bridgehead atoms. The van der Waals surface area contributed by atoms with Gasteiger partial charge in [0, 0.05) is 0 Å². The number of hydrogen-bond donors (Lipinski definition) is 1. The van der Waals surface area contributed by atoms with Gasteiger partial charge in [0.05, 0.1) is 0 Å². The Morgan fingerprint density at radius 3 is 2.21 bits per heavy atom. The average Bonchev–Trinajstić information content (AvgIpc) is 3.14. The van der Waals surface area contributed by atoms with Crippen molar-refractivity contribution in [3.63, 3.8) is 0 Å². The van der Waals surface area contributed by atoms with Gasteiger partial charge < -0.3 is 0 Å². The maximum absolute atomic E-state index is 7.90. The molecule has 185 valence electrons. The molecule has 1 aliphatic carbocycles. The number of halogens is 2. The summed E-state index contributed by atoms with van der Waals surface area (Å²) in [5, 5.41) is 0. The van der Waals surface area contributed by atoms with Crippen molar-refractivity contribution in [3.8, 4) is 11.1 Å². The first-order valence-electron chi connectivity index (χ1n) is 12.5. The Morgan fingerprint density at radius 1 is 1.09 bits per heavy atom. The van der Waals surface area contributed by atoms with Gasteiger partial charge in [0.25, 0.3) is 0 Å². The Morgan fingerprint density at radius 2 is 1.71 bits per heavy atom. The van der Waals surface area contributed by atoms with Crippen LogP contribution in [0.2, 0.25) is 13.1 Å². The molecule has 0 fully saturated rings. The van der Waals surface area contributed by atoms with Crippen LogP contribution in [0.25, 0.3) is 17.2 Å². The maximum atomic E-state index is 7.90. The van der Waals surface area contributed by atoms with E-state index in [1.807, 2.05) is 0 Å². The van der Waals surface area contributed by atoms with Gasteiger partial charge in [0.2, 0.25) is 0 Å². The van der Waals surface area contributed by atoms with Crippen LogP contribution in [0.1, 0.15) is 68.3 Å². The van der Waals surface area contributed by atoms with Crippen LogP contribution in [-0.2, 0) is 21.0 Å². The van der Waals surface area contributed by atoms with Crippen molar-refractivity contribution < 1.29 is 15.6 Å². The van der Waals surface area contributed by atoms with E-state index in [0.29, 0.717) is 5.92 Å². The molecule has 5 heteroatoms. The molecule has 0 aliphatic heterocycles. The van der Waals surface area contributed by atoms with Crippen LogP contribution < -0.4 is 0 Å². The fourth-order valence-electron chi connectivity index (χ4n) is 5.25. The van der Waals surface area contributed by atoms with Gasteiger partial charge in [-0.25, -0.2) is 0 Å². The Balaban J connectivity index is 2.24. The number of benzene rings is 2. The van der Waals surface area contributed by atoms with Gasteiger partial charge in [-0.2, -0.15) is 0 Å². The van der Waals surface area contributed by atoms with E-state index >= 15 is 0 Å². The van der Waals surface area contributed by atoms with Crippen LogP contribution >= 0.6 is 29.7 Å². The van der Waals surface area contributed by atoms with Crippen LogP contribution in [0, 0.1) is 5.92 Å². The molecule has 1 unspecified atom stereocenters. The van der Waals surface area contributed by atoms with Crippen molar-refractivity contribution in [1.82, 2.24) is 0 Å². The fraction of sp³-hybridized carbons (Fsp3) is 0.448. The zero-order valence-electron chi connectivity index (χ0n) is 22.0. The van der Waals surface area contributed by atoms with Gasteiger partial charge in [0.15, 0.2) is 0 Å². The molecule has 2 aromatic carbocycles. The molecule has 0 aromatic heterocycles. The number of rotatable bonds is 7. The Kier molecular flexibility index (Phi) is 8.70. The molecular weight excluding hydrogens is 571 g/mol. The third-order valence-electron chi connectivity index (χ3n) is 7.51. The summed E-state index contributed by atoms with van der Waals surface area (Å²) < 4.78 is 2.54. The second-order valence-electron chi connectivity index (χ2n) is 11.7. The van der Waals surface area contributed by atoms with Gasteiger partial charge in [-0.3, -0.25) is 0 Å². The van der Waals surface area contributed by atoms with E-state index in [0.717, 1.165) is 12.2 Å². The van der Waals surface area contributed by atoms with E-state index < -0.39 is 21.5 Å². The summed E-state index contributed by atoms with van der Waals surface area (Å²) in [6.07, 6.45) is 3.36. The summed E-state index contributed by atoms with van der Waals surface area (Å²) in [4.78, 5) is 0. The zero-order chi connectivity index (χ0) is 25.5. The number of fused-ring (bicyclic) bond motifs is 1. The molecule has 1 atom stereocenters. The Labute approximate surface area is 222 Å². The summed E-state index contributed by atoms with van der Waals surface area (Å²) in [6, 6.07) is 15.8. The molecule has 0 nitrogen and oxygen atoms in total. The van der Waals surface area contributed by atoms with Crippen molar-refractivity contribution in [2.45, 2.75) is 70.1 Å². The number of hydrogen-bond acceptors (Lipinski definition) is 1. The zero-order valence-corrected chi connectivity index (χ0v) is 28.1. The van der Waals surface area contributed by atoms with Gasteiger partial charge in [0.1, 0.15) is 0 Å². The van der Waals surface area contributed by atoms with E-state index in [2.05, 4.69) is 120 Å². The predicted octanol–water partition coefficient (Wildman–Crippen LogP) is 9.95. The van der Waals surface area contributed by atoms with Crippen LogP contribution in [0.3, 0.4) is 0 Å². The second-order valence-corrected chi connectivity index (χ2v) is 54.0. The summed E-state index contributed by atoms with van der Waals surface area (Å²) in [5.41, 5.74) is 9.41. The molecule has 0 heterocycles. The fourth-order valence-corrected chi connectivity index (χ4v) is 30.7. The normalized spacial score (nSPS) is 18.1. The summed E-state index contributed by atoms with van der Waals surface area (Å²) >= 11 is 0.120. The van der Waals surface area contributed by atoms with Crippen LogP contribution in [0.5, 0.6) is 0 Å². The van der Waals surface area contributed by atoms with Gasteiger partial charge in [-0.15, -0.1) is 0 Å². The summed E-state index contributed by atoms with van der Waals surface area (Å²) in [6.45, 7) is 18.3. The van der Waals surface area contributed by atoms with Crippen molar-refractivity contribution in [2.75, 3.05) is 5.75 Å². The summed E-state index contributed by atoms with van der Waals surface area (Å²) in [7, 11) is 15.8. The monoisotopic (exact) mass is 609 g/mol. The van der Waals surface area contributed by atoms with E-state index in [1.165, 1.54) is 39.0 Å². The molecule has 0 saturated carbocycles. The first-order chi connectivity index (χ1) is 15.7. The van der Waals surface area contributed by atoms with Crippen molar-refractivity contribution in [3.05, 3.63) is 74.1 Å². The second kappa shape index (κ2) is 10.4. The first kappa shape index (κ1) is 28.5. The topological polar surface area (TPSA) is 0 Å². The number of thiol groups is 1. The SMILES string of the molecule is CC(=[CH][Zr]([Cl])([Cl])([CH]1C(C(C)C)=Cc2c(-c3ccc(C(C)(C)C)cc3)cccc21)[SiH](C)C)CCS. The summed E-state index contributed by atoms with van der Waals surface area (Å²) in [5.74, 6) is -0.188. The van der Waals surface area contributed by atoms with Crippen LogP contribution in [0.4, 0.5) is 0 Å². The van der Waals surface area contributed by atoms with Crippen LogP contribution in [-0.4, -0.2) is 11.7 Å². The minimum atomic E-state index is -4.35. The third-order valence-corrected chi connectivity index (χ3v) is 55.4. The van der Waals surface area contributed by atoms with E-state index in [4.69, 9.17) is 17.0 Å². The average molecular weight is 612 g/mol. The molecule has 1 aliphatic rings. The first-order valence-corrected chi connectivity index (χ1v) is 29.5. The quantitative estimate of drug-likeness (QED) is 0.234. The van der Waals surface area contributed by atoms with E-state index in [9.17, 15) is 0 Å². The van der Waals surface area contributed by atoms with E-state index in [1.54, 1.807) is 0 Å². The molecule has 0 amide bonds. The van der Waals surface area contributed by atoms with E-state index in [-0.39, 0.29) is 9.04 Å². The molecule has 0 spiro atoms. The van der Waals surface area contributed by atoms with Gasteiger partial charge in [-0.05, 0) is 0 Å².